The maximum Gasteiger partial charge on any atom is 0.173 e. The molecule has 1 aromatic heterocycles. The summed E-state index contributed by atoms with van der Waals surface area (Å²) in [6.07, 6.45) is 0. The van der Waals surface area contributed by atoms with Crippen molar-refractivity contribution in [2.24, 2.45) is 0 Å². The summed E-state index contributed by atoms with van der Waals surface area (Å²) in [6.45, 7) is 0. The largest absolute Gasteiger partial charge is 0.733 e. The highest BCUT2D eigenvalue weighted by Gasteiger charge is 2.13. The predicted molar refractivity (Wildman–Crippen MR) is 95.3 cm³/mol. The van der Waals surface area contributed by atoms with Gasteiger partial charge in [0.2, 0.25) is 0 Å². The number of nitrogens with zero attached hydrogens (tertiary/aromatic N) is 2. The Labute approximate surface area is 146 Å². The predicted octanol–water partition coefficient (Wildman–Crippen LogP) is 3.97. The van der Waals surface area contributed by atoms with E-state index in [0.717, 1.165) is 14.6 Å². The average molecular weight is 361 g/mol. The number of ketones is 1. The lowest BCUT2D eigenvalue weighted by Gasteiger charge is -2.24. The highest BCUT2D eigenvalue weighted by atomic mass is 32.2. The van der Waals surface area contributed by atoms with Crippen molar-refractivity contribution in [1.82, 2.24) is 4.98 Å². The molecule has 3 rings (SSSR count). The third-order valence-corrected chi connectivity index (χ3v) is 5.49. The standard InChI is InChI=1S/C16H13N2O4S2/c1-22-14-7-6-10(8-12(14)18(20)21)13(19)9-23-16-17-11-4-2-3-5-15(11)24-16/h2-8,20H,9H2,1H3/q-1. The molecule has 0 aliphatic heterocycles. The summed E-state index contributed by atoms with van der Waals surface area (Å²) in [5, 5.41) is 19.9. The number of rotatable bonds is 6. The second-order valence-electron chi connectivity index (χ2n) is 4.82. The maximum absolute atomic E-state index is 12.3. The van der Waals surface area contributed by atoms with Gasteiger partial charge in [0.25, 0.3) is 0 Å². The van der Waals surface area contributed by atoms with E-state index in [9.17, 15) is 10.0 Å². The summed E-state index contributed by atoms with van der Waals surface area (Å²) in [4.78, 5) is 16.8. The first-order chi connectivity index (χ1) is 11.6. The number of ether oxygens (including phenoxy) is 1. The number of Topliss-reactive ketones (excluding diaryl/α,β-unsaturated/α-hetero) is 1. The molecule has 0 atom stereocenters. The minimum absolute atomic E-state index is 0.103. The Morgan fingerprint density at radius 1 is 1.38 bits per heavy atom. The number of methoxy groups -OCH3 is 1. The smallest absolute Gasteiger partial charge is 0.173 e. The van der Waals surface area contributed by atoms with E-state index in [1.165, 1.54) is 42.3 Å². The van der Waals surface area contributed by atoms with Crippen LogP contribution >= 0.6 is 23.1 Å². The lowest BCUT2D eigenvalue weighted by atomic mass is 10.1. The number of hydrogen-bond acceptors (Lipinski definition) is 8. The number of thiazole rings is 1. The molecule has 0 spiro atoms. The molecule has 24 heavy (non-hydrogen) atoms. The van der Waals surface area contributed by atoms with Crippen molar-refractivity contribution in [2.45, 2.75) is 4.34 Å². The molecule has 0 amide bonds. The molecule has 0 unspecified atom stereocenters. The van der Waals surface area contributed by atoms with Crippen molar-refractivity contribution in [3.63, 3.8) is 0 Å². The molecule has 0 fully saturated rings. The lowest BCUT2D eigenvalue weighted by Crippen LogP contribution is -2.11. The Morgan fingerprint density at radius 2 is 2.17 bits per heavy atom. The summed E-state index contributed by atoms with van der Waals surface area (Å²) < 4.78 is 6.86. The number of para-hydroxylation sites is 1. The van der Waals surface area contributed by atoms with Crippen LogP contribution < -0.4 is 9.96 Å². The van der Waals surface area contributed by atoms with Gasteiger partial charge in [-0.1, -0.05) is 23.9 Å². The van der Waals surface area contributed by atoms with Crippen LogP contribution in [0, 0.1) is 5.21 Å². The molecule has 0 radical (unpaired) electrons. The van der Waals surface area contributed by atoms with Crippen LogP contribution in [0.15, 0.2) is 46.8 Å². The fraction of sp³-hybridized carbons (Fsp3) is 0.125. The van der Waals surface area contributed by atoms with Gasteiger partial charge in [0.05, 0.1) is 28.8 Å². The Balaban J connectivity index is 1.73. The first kappa shape index (κ1) is 16.7. The van der Waals surface area contributed by atoms with E-state index in [1.54, 1.807) is 6.07 Å². The highest BCUT2D eigenvalue weighted by Crippen LogP contribution is 2.31. The number of thioether (sulfide) groups is 1. The fourth-order valence-corrected chi connectivity index (χ4v) is 4.10. The number of carbonyl (C=O) groups is 1. The van der Waals surface area contributed by atoms with Gasteiger partial charge >= 0.3 is 0 Å². The summed E-state index contributed by atoms with van der Waals surface area (Å²) in [7, 11) is 1.38. The van der Waals surface area contributed by atoms with Crippen LogP contribution in [-0.4, -0.2) is 28.8 Å². The monoisotopic (exact) mass is 361 g/mol. The van der Waals surface area contributed by atoms with E-state index in [2.05, 4.69) is 4.98 Å². The molecule has 0 bridgehead atoms. The van der Waals surface area contributed by atoms with Crippen molar-refractivity contribution in [3.8, 4) is 5.75 Å². The summed E-state index contributed by atoms with van der Waals surface area (Å²) in [5.41, 5.74) is 1.13. The van der Waals surface area contributed by atoms with Crippen LogP contribution in [-0.2, 0) is 0 Å². The van der Waals surface area contributed by atoms with E-state index in [-0.39, 0.29) is 28.2 Å². The van der Waals surface area contributed by atoms with Gasteiger partial charge in [0, 0.05) is 5.56 Å². The van der Waals surface area contributed by atoms with Gasteiger partial charge in [-0.3, -0.25) is 10.0 Å². The molecule has 1 N–H and O–H groups in total. The molecule has 1 heterocycles. The van der Waals surface area contributed by atoms with Crippen molar-refractivity contribution >= 4 is 44.8 Å². The number of hydrogen-bond donors (Lipinski definition) is 1. The van der Waals surface area contributed by atoms with Crippen molar-refractivity contribution in [1.29, 1.82) is 0 Å². The van der Waals surface area contributed by atoms with Crippen LogP contribution in [0.1, 0.15) is 10.4 Å². The first-order valence-electron chi connectivity index (χ1n) is 6.94. The second kappa shape index (κ2) is 7.18. The van der Waals surface area contributed by atoms with Crippen LogP contribution in [0.4, 0.5) is 5.69 Å². The quantitative estimate of drug-likeness (QED) is 0.404. The molecule has 0 aliphatic carbocycles. The molecule has 3 aromatic rings. The Kier molecular flexibility index (Phi) is 5.00. The molecule has 0 saturated heterocycles. The number of fused-ring (bicyclic) bond motifs is 1. The van der Waals surface area contributed by atoms with Gasteiger partial charge in [-0.05, 0) is 30.3 Å². The SMILES string of the molecule is COc1ccc(C(=O)CSc2nc3ccccc3s2)cc1N([O-])O. The van der Waals surface area contributed by atoms with Gasteiger partial charge in [-0.2, -0.15) is 0 Å². The van der Waals surface area contributed by atoms with Crippen molar-refractivity contribution < 1.29 is 14.7 Å². The lowest BCUT2D eigenvalue weighted by molar-refractivity contribution is 0.102. The van der Waals surface area contributed by atoms with Crippen LogP contribution in [0.2, 0.25) is 0 Å². The fourth-order valence-electron chi connectivity index (χ4n) is 2.14. The third-order valence-electron chi connectivity index (χ3n) is 3.31. The molecule has 0 saturated carbocycles. The van der Waals surface area contributed by atoms with E-state index >= 15 is 0 Å². The van der Waals surface area contributed by atoms with Crippen LogP contribution in [0.3, 0.4) is 0 Å². The van der Waals surface area contributed by atoms with Crippen molar-refractivity contribution in [3.05, 3.63) is 53.2 Å². The molecule has 2 aromatic carbocycles. The molecule has 8 heteroatoms. The zero-order valence-corrected chi connectivity index (χ0v) is 14.3. The van der Waals surface area contributed by atoms with Gasteiger partial charge in [-0.15, -0.1) is 11.3 Å². The number of carbonyl (C=O) groups excluding carboxylic acids is 1. The van der Waals surface area contributed by atoms with Crippen LogP contribution in [0.25, 0.3) is 10.2 Å². The Bertz CT molecular complexity index is 846. The molecule has 6 nitrogen and oxygen atoms in total. The van der Waals surface area contributed by atoms with Gasteiger partial charge in [0.15, 0.2) is 10.1 Å². The van der Waals surface area contributed by atoms with E-state index in [0.29, 0.717) is 5.56 Å². The summed E-state index contributed by atoms with van der Waals surface area (Å²) in [6, 6.07) is 12.1. The molecule has 0 aliphatic rings. The Hall–Kier alpha value is -2.13. The molecule has 124 valence electrons. The topological polar surface area (TPSA) is 85.7 Å². The van der Waals surface area contributed by atoms with Crippen molar-refractivity contribution in [2.75, 3.05) is 18.1 Å². The van der Waals surface area contributed by atoms with Gasteiger partial charge in [-0.25, -0.2) is 4.98 Å². The van der Waals surface area contributed by atoms with Gasteiger partial charge < -0.3 is 15.2 Å². The van der Waals surface area contributed by atoms with E-state index < -0.39 is 0 Å². The number of aromatic nitrogens is 1. The summed E-state index contributed by atoms with van der Waals surface area (Å²) >= 11 is 2.88. The normalized spacial score (nSPS) is 10.8. The first-order valence-corrected chi connectivity index (χ1v) is 8.74. The second-order valence-corrected chi connectivity index (χ2v) is 7.07. The molecular formula is C16H13N2O4S2-. The number of anilines is 1. The zero-order valence-electron chi connectivity index (χ0n) is 12.6. The minimum Gasteiger partial charge on any atom is -0.733 e. The highest BCUT2D eigenvalue weighted by molar-refractivity contribution is 8.01. The Morgan fingerprint density at radius 3 is 2.88 bits per heavy atom. The number of benzene rings is 2. The molecular weight excluding hydrogens is 348 g/mol. The van der Waals surface area contributed by atoms with E-state index in [1.807, 2.05) is 24.3 Å². The minimum atomic E-state index is -0.309. The third kappa shape index (κ3) is 3.51. The maximum atomic E-state index is 12.3. The van der Waals surface area contributed by atoms with E-state index in [4.69, 9.17) is 9.94 Å². The average Bonchev–Trinajstić information content (AvgIpc) is 3.02. The zero-order chi connectivity index (χ0) is 17.1. The van der Waals surface area contributed by atoms with Crippen LogP contribution in [0.5, 0.6) is 5.75 Å². The van der Waals surface area contributed by atoms with Gasteiger partial charge in [0.1, 0.15) is 5.75 Å². The summed E-state index contributed by atoms with van der Waals surface area (Å²) in [5.74, 6) is 0.225.